The second kappa shape index (κ2) is 8.43. The molecule has 0 aliphatic heterocycles. The second-order valence-electron chi connectivity index (χ2n) is 6.87. The van der Waals surface area contributed by atoms with E-state index in [1.165, 1.54) is 16.4 Å². The normalized spacial score (nSPS) is 11.3. The minimum Gasteiger partial charge on any atom is -0.486 e. The highest BCUT2D eigenvalue weighted by Crippen LogP contribution is 2.21. The van der Waals surface area contributed by atoms with Crippen molar-refractivity contribution in [3.8, 4) is 5.75 Å². The molecule has 0 bridgehead atoms. The maximum absolute atomic E-state index is 6.09. The number of ether oxygens (including phenoxy) is 1. The average molecular weight is 388 g/mol. The summed E-state index contributed by atoms with van der Waals surface area (Å²) in [6, 6.07) is 6.05. The van der Waals surface area contributed by atoms with Gasteiger partial charge in [0.15, 0.2) is 11.6 Å². The van der Waals surface area contributed by atoms with Gasteiger partial charge in [-0.15, -0.1) is 10.2 Å². The van der Waals surface area contributed by atoms with Crippen molar-refractivity contribution >= 4 is 11.8 Å². The van der Waals surface area contributed by atoms with Gasteiger partial charge in [-0.3, -0.25) is 0 Å². The van der Waals surface area contributed by atoms with Crippen molar-refractivity contribution < 1.29 is 9.26 Å². The molecule has 2 aromatic heterocycles. The van der Waals surface area contributed by atoms with Gasteiger partial charge < -0.3 is 15.1 Å². The summed E-state index contributed by atoms with van der Waals surface area (Å²) in [5, 5.41) is 12.8. The molecule has 0 radical (unpaired) electrons. The average Bonchev–Trinajstić information content (AvgIpc) is 3.16. The number of aromatic nitrogens is 5. The topological polar surface area (TPSA) is 105 Å². The number of thioether (sulfide) groups is 1. The molecule has 3 rings (SSSR count). The van der Waals surface area contributed by atoms with Gasteiger partial charge in [-0.05, 0) is 43.0 Å². The first-order valence-electron chi connectivity index (χ1n) is 8.75. The summed E-state index contributed by atoms with van der Waals surface area (Å²) in [5.74, 6) is 9.65. The van der Waals surface area contributed by atoms with Crippen LogP contribution in [0.1, 0.15) is 42.5 Å². The molecule has 0 unspecified atom stereocenters. The molecule has 0 spiro atoms. The Hall–Kier alpha value is -2.55. The van der Waals surface area contributed by atoms with Crippen LogP contribution in [0.5, 0.6) is 5.75 Å². The molecule has 2 heterocycles. The minimum atomic E-state index is 0.242. The lowest BCUT2D eigenvalue weighted by Gasteiger charge is -2.08. The van der Waals surface area contributed by atoms with E-state index in [2.05, 4.69) is 40.3 Å². The van der Waals surface area contributed by atoms with E-state index < -0.39 is 0 Å². The third kappa shape index (κ3) is 5.22. The summed E-state index contributed by atoms with van der Waals surface area (Å²) in [6.45, 7) is 8.53. The van der Waals surface area contributed by atoms with Gasteiger partial charge in [-0.1, -0.05) is 36.8 Å². The van der Waals surface area contributed by atoms with Crippen LogP contribution < -0.4 is 10.6 Å². The van der Waals surface area contributed by atoms with Crippen molar-refractivity contribution in [2.45, 2.75) is 51.6 Å². The number of benzene rings is 1. The third-order valence-corrected chi connectivity index (χ3v) is 4.65. The molecule has 0 amide bonds. The van der Waals surface area contributed by atoms with Gasteiger partial charge in [-0.25, -0.2) is 4.68 Å². The number of aryl methyl sites for hydroxylation is 2. The van der Waals surface area contributed by atoms with Crippen molar-refractivity contribution in [1.29, 1.82) is 0 Å². The van der Waals surface area contributed by atoms with Crippen LogP contribution in [0.15, 0.2) is 27.9 Å². The summed E-state index contributed by atoms with van der Waals surface area (Å²) in [4.78, 5) is 4.37. The molecule has 9 heteroatoms. The number of nitrogens with two attached hydrogens (primary N) is 1. The fourth-order valence-corrected chi connectivity index (χ4v) is 3.30. The Morgan fingerprint density at radius 2 is 1.93 bits per heavy atom. The van der Waals surface area contributed by atoms with Gasteiger partial charge in [0.1, 0.15) is 12.4 Å². The third-order valence-electron chi connectivity index (χ3n) is 3.72. The zero-order valence-electron chi connectivity index (χ0n) is 16.0. The quantitative estimate of drug-likeness (QED) is 0.464. The molecule has 0 atom stereocenters. The molecule has 0 saturated heterocycles. The number of nitrogens with zero attached hydrogens (tertiary/aromatic N) is 5. The highest BCUT2D eigenvalue weighted by Gasteiger charge is 2.14. The Balaban J connectivity index is 1.57. The van der Waals surface area contributed by atoms with E-state index in [0.717, 1.165) is 29.1 Å². The zero-order chi connectivity index (χ0) is 19.4. The lowest BCUT2D eigenvalue weighted by atomic mass is 10.1. The van der Waals surface area contributed by atoms with Gasteiger partial charge in [0.2, 0.25) is 11.0 Å². The smallest absolute Gasteiger partial charge is 0.237 e. The van der Waals surface area contributed by atoms with Crippen molar-refractivity contribution in [1.82, 2.24) is 25.0 Å². The Kier molecular flexibility index (Phi) is 6.00. The summed E-state index contributed by atoms with van der Waals surface area (Å²) in [7, 11) is 0. The first-order valence-corrected chi connectivity index (χ1v) is 9.74. The molecule has 144 valence electrons. The molecule has 0 fully saturated rings. The SMILES string of the molecule is Cc1cc(C)cc(OCc2nnc(SCc3nc(CC(C)C)no3)n2N)c1. The van der Waals surface area contributed by atoms with Gasteiger partial charge >= 0.3 is 0 Å². The van der Waals surface area contributed by atoms with E-state index in [4.69, 9.17) is 15.1 Å². The van der Waals surface area contributed by atoms with Crippen molar-refractivity contribution in [2.75, 3.05) is 5.84 Å². The van der Waals surface area contributed by atoms with E-state index in [1.807, 2.05) is 26.0 Å². The molecule has 2 N–H and O–H groups in total. The summed E-state index contributed by atoms with van der Waals surface area (Å²) in [5.41, 5.74) is 2.29. The number of rotatable bonds is 8. The standard InChI is InChI=1S/C18H24N6O2S/c1-11(2)5-15-20-17(26-23-15)10-27-18-22-21-16(24(18)19)9-25-14-7-12(3)6-13(4)8-14/h6-8,11H,5,9-10,19H2,1-4H3. The predicted molar refractivity (Wildman–Crippen MR) is 103 cm³/mol. The van der Waals surface area contributed by atoms with Crippen LogP contribution >= 0.6 is 11.8 Å². The van der Waals surface area contributed by atoms with Gasteiger partial charge in [0.25, 0.3) is 0 Å². The van der Waals surface area contributed by atoms with Crippen LogP contribution in [-0.2, 0) is 18.8 Å². The fraction of sp³-hybridized carbons (Fsp3) is 0.444. The van der Waals surface area contributed by atoms with E-state index >= 15 is 0 Å². The number of hydrogen-bond acceptors (Lipinski definition) is 8. The molecule has 3 aromatic rings. The Morgan fingerprint density at radius 3 is 2.63 bits per heavy atom. The molecule has 1 aromatic carbocycles. The first kappa shape index (κ1) is 19.2. The van der Waals surface area contributed by atoms with Gasteiger partial charge in [-0.2, -0.15) is 4.98 Å². The maximum atomic E-state index is 6.09. The van der Waals surface area contributed by atoms with Gasteiger partial charge in [0, 0.05) is 6.42 Å². The van der Waals surface area contributed by atoms with Gasteiger partial charge in [0.05, 0.1) is 5.75 Å². The largest absolute Gasteiger partial charge is 0.486 e. The summed E-state index contributed by atoms with van der Waals surface area (Å²) < 4.78 is 12.5. The Morgan fingerprint density at radius 1 is 1.19 bits per heavy atom. The van der Waals surface area contributed by atoms with Crippen LogP contribution in [0.25, 0.3) is 0 Å². The lowest BCUT2D eigenvalue weighted by molar-refractivity contribution is 0.291. The molecule has 0 aliphatic carbocycles. The van der Waals surface area contributed by atoms with Crippen molar-refractivity contribution in [3.05, 3.63) is 46.9 Å². The van der Waals surface area contributed by atoms with E-state index in [9.17, 15) is 0 Å². The lowest BCUT2D eigenvalue weighted by Crippen LogP contribution is -2.15. The first-order chi connectivity index (χ1) is 12.9. The van der Waals surface area contributed by atoms with Crippen LogP contribution in [0.4, 0.5) is 0 Å². The van der Waals surface area contributed by atoms with Crippen LogP contribution in [0.2, 0.25) is 0 Å². The van der Waals surface area contributed by atoms with Crippen LogP contribution in [0, 0.1) is 19.8 Å². The highest BCUT2D eigenvalue weighted by atomic mass is 32.2. The number of hydrogen-bond donors (Lipinski definition) is 1. The molecule has 0 aliphatic rings. The highest BCUT2D eigenvalue weighted by molar-refractivity contribution is 7.98. The summed E-state index contributed by atoms with van der Waals surface area (Å²) in [6.07, 6.45) is 0.793. The van der Waals surface area contributed by atoms with Crippen molar-refractivity contribution in [2.24, 2.45) is 5.92 Å². The van der Waals surface area contributed by atoms with Crippen LogP contribution in [-0.4, -0.2) is 25.0 Å². The number of nitrogen functional groups attached to an aromatic ring is 1. The molecular formula is C18H24N6O2S. The van der Waals surface area contributed by atoms with E-state index in [1.54, 1.807) is 0 Å². The minimum absolute atomic E-state index is 0.242. The van der Waals surface area contributed by atoms with E-state index in [-0.39, 0.29) is 6.61 Å². The predicted octanol–water partition coefficient (Wildman–Crippen LogP) is 3.06. The zero-order valence-corrected chi connectivity index (χ0v) is 16.8. The summed E-state index contributed by atoms with van der Waals surface area (Å²) >= 11 is 1.39. The monoisotopic (exact) mass is 388 g/mol. The fourth-order valence-electron chi connectivity index (χ4n) is 2.59. The maximum Gasteiger partial charge on any atom is 0.237 e. The molecule has 27 heavy (non-hydrogen) atoms. The second-order valence-corrected chi connectivity index (χ2v) is 7.81. The van der Waals surface area contributed by atoms with Crippen molar-refractivity contribution in [3.63, 3.8) is 0 Å². The molecular weight excluding hydrogens is 364 g/mol. The Labute approximate surface area is 162 Å². The van der Waals surface area contributed by atoms with E-state index in [0.29, 0.717) is 28.5 Å². The molecule has 0 saturated carbocycles. The molecule has 8 nitrogen and oxygen atoms in total. The van der Waals surface area contributed by atoms with Crippen LogP contribution in [0.3, 0.4) is 0 Å². The Bertz CT molecular complexity index is 885.